The van der Waals surface area contributed by atoms with Gasteiger partial charge in [-0.2, -0.15) is 0 Å². The van der Waals surface area contributed by atoms with E-state index in [1.165, 1.54) is 29.0 Å². The fourth-order valence-electron chi connectivity index (χ4n) is 3.38. The van der Waals surface area contributed by atoms with Crippen LogP contribution in [-0.4, -0.2) is 42.4 Å². The first-order valence-electron chi connectivity index (χ1n) is 9.74. The highest BCUT2D eigenvalue weighted by molar-refractivity contribution is 7.98. The van der Waals surface area contributed by atoms with Gasteiger partial charge in [0.25, 0.3) is 0 Å². The largest absolute Gasteiger partial charge is 0.367 e. The number of nitrogens with one attached hydrogen (secondary N) is 1. The number of hydrogen-bond acceptors (Lipinski definition) is 3. The first-order valence-corrected chi connectivity index (χ1v) is 11.4. The number of aryl methyl sites for hydroxylation is 1. The highest BCUT2D eigenvalue weighted by Gasteiger charge is 2.20. The molecule has 1 fully saturated rings. The van der Waals surface area contributed by atoms with E-state index in [0.717, 1.165) is 43.4 Å². The van der Waals surface area contributed by atoms with Crippen LogP contribution in [0.1, 0.15) is 25.3 Å². The Kier molecular flexibility index (Phi) is 7.41. The number of anilines is 2. The maximum absolute atomic E-state index is 5.65. The van der Waals surface area contributed by atoms with Gasteiger partial charge in [-0.05, 0) is 61.1 Å². The molecular weight excluding hydrogens is 370 g/mol. The first-order chi connectivity index (χ1) is 13.2. The fourth-order valence-corrected chi connectivity index (χ4v) is 4.30. The molecule has 0 saturated carbocycles. The second-order valence-electron chi connectivity index (χ2n) is 6.88. The molecule has 144 valence electrons. The lowest BCUT2D eigenvalue weighted by Gasteiger charge is -2.38. The Hall–Kier alpha value is -1.72. The molecule has 1 N–H and O–H groups in total. The fraction of sp³-hybridized carbons (Fsp3) is 0.409. The zero-order valence-corrected chi connectivity index (χ0v) is 17.9. The van der Waals surface area contributed by atoms with Crippen molar-refractivity contribution in [1.29, 1.82) is 0 Å². The zero-order chi connectivity index (χ0) is 19.1. The van der Waals surface area contributed by atoms with Crippen LogP contribution in [0.2, 0.25) is 0 Å². The van der Waals surface area contributed by atoms with Crippen LogP contribution in [-0.2, 0) is 6.42 Å². The lowest BCUT2D eigenvalue weighted by atomic mass is 10.1. The van der Waals surface area contributed by atoms with E-state index in [9.17, 15) is 0 Å². The SMILES string of the molecule is CCCCc1ccc(NC(=S)N2CCN(c3ccccc3SC)CC2)cc1. The number of unbranched alkanes of at least 4 members (excludes halogenated alkanes) is 1. The lowest BCUT2D eigenvalue weighted by molar-refractivity contribution is 0.390. The van der Waals surface area contributed by atoms with Crippen molar-refractivity contribution in [2.75, 3.05) is 42.7 Å². The van der Waals surface area contributed by atoms with Crippen LogP contribution in [0, 0.1) is 0 Å². The van der Waals surface area contributed by atoms with E-state index in [2.05, 4.69) is 76.8 Å². The summed E-state index contributed by atoms with van der Waals surface area (Å²) in [5.41, 5.74) is 3.82. The van der Waals surface area contributed by atoms with E-state index in [1.807, 2.05) is 11.8 Å². The molecule has 3 rings (SSSR count). The minimum atomic E-state index is 0.828. The molecule has 1 heterocycles. The number of rotatable bonds is 6. The van der Waals surface area contributed by atoms with Gasteiger partial charge in [0.15, 0.2) is 5.11 Å². The third-order valence-corrected chi connectivity index (χ3v) is 6.16. The molecule has 0 radical (unpaired) electrons. The van der Waals surface area contributed by atoms with Crippen LogP contribution in [0.5, 0.6) is 0 Å². The highest BCUT2D eigenvalue weighted by atomic mass is 32.2. The summed E-state index contributed by atoms with van der Waals surface area (Å²) in [6.07, 6.45) is 5.77. The van der Waals surface area contributed by atoms with Crippen LogP contribution in [0.4, 0.5) is 11.4 Å². The van der Waals surface area contributed by atoms with Gasteiger partial charge in [0.05, 0.1) is 5.69 Å². The Balaban J connectivity index is 1.52. The van der Waals surface area contributed by atoms with Crippen LogP contribution >= 0.6 is 24.0 Å². The third kappa shape index (κ3) is 5.39. The van der Waals surface area contributed by atoms with Gasteiger partial charge < -0.3 is 15.1 Å². The predicted molar refractivity (Wildman–Crippen MR) is 123 cm³/mol. The Bertz CT molecular complexity index is 737. The molecule has 2 aromatic rings. The van der Waals surface area contributed by atoms with Gasteiger partial charge in [0.2, 0.25) is 0 Å². The van der Waals surface area contributed by atoms with Crippen molar-refractivity contribution in [3.8, 4) is 0 Å². The lowest BCUT2D eigenvalue weighted by Crippen LogP contribution is -2.50. The predicted octanol–water partition coefficient (Wildman–Crippen LogP) is 5.27. The molecule has 3 nitrogen and oxygen atoms in total. The number of thiocarbonyl (C=S) groups is 1. The first kappa shape index (κ1) is 20.0. The molecule has 0 aromatic heterocycles. The van der Waals surface area contributed by atoms with Crippen LogP contribution in [0.3, 0.4) is 0 Å². The van der Waals surface area contributed by atoms with Crippen molar-refractivity contribution in [3.63, 3.8) is 0 Å². The number of piperazine rings is 1. The normalized spacial score (nSPS) is 14.3. The molecule has 0 amide bonds. The second-order valence-corrected chi connectivity index (χ2v) is 8.11. The summed E-state index contributed by atoms with van der Waals surface area (Å²) >= 11 is 7.47. The number of thioether (sulfide) groups is 1. The van der Waals surface area contributed by atoms with E-state index >= 15 is 0 Å². The van der Waals surface area contributed by atoms with Gasteiger partial charge in [0, 0.05) is 36.8 Å². The van der Waals surface area contributed by atoms with Gasteiger partial charge in [-0.1, -0.05) is 37.6 Å². The van der Waals surface area contributed by atoms with Gasteiger partial charge in [0.1, 0.15) is 0 Å². The maximum Gasteiger partial charge on any atom is 0.173 e. The molecule has 27 heavy (non-hydrogen) atoms. The van der Waals surface area contributed by atoms with E-state index in [4.69, 9.17) is 12.2 Å². The molecule has 1 aliphatic rings. The molecule has 0 spiro atoms. The molecule has 0 unspecified atom stereocenters. The summed E-state index contributed by atoms with van der Waals surface area (Å²) in [5.74, 6) is 0. The summed E-state index contributed by atoms with van der Waals surface area (Å²) < 4.78 is 0. The highest BCUT2D eigenvalue weighted by Crippen LogP contribution is 2.29. The summed E-state index contributed by atoms with van der Waals surface area (Å²) in [5, 5.41) is 4.23. The maximum atomic E-state index is 5.65. The minimum absolute atomic E-state index is 0.828. The van der Waals surface area contributed by atoms with Crippen molar-refractivity contribution in [1.82, 2.24) is 4.90 Å². The molecular formula is C22H29N3S2. The Morgan fingerprint density at radius 1 is 1.04 bits per heavy atom. The second kappa shape index (κ2) is 10.00. The molecule has 1 saturated heterocycles. The van der Waals surface area contributed by atoms with Gasteiger partial charge in [-0.25, -0.2) is 0 Å². The van der Waals surface area contributed by atoms with Crippen molar-refractivity contribution in [2.45, 2.75) is 31.1 Å². The summed E-state index contributed by atoms with van der Waals surface area (Å²) in [4.78, 5) is 6.08. The van der Waals surface area contributed by atoms with E-state index in [1.54, 1.807) is 0 Å². The van der Waals surface area contributed by atoms with E-state index in [0.29, 0.717) is 0 Å². The van der Waals surface area contributed by atoms with Crippen LogP contribution in [0.25, 0.3) is 0 Å². The van der Waals surface area contributed by atoms with Gasteiger partial charge >= 0.3 is 0 Å². The van der Waals surface area contributed by atoms with E-state index in [-0.39, 0.29) is 0 Å². The summed E-state index contributed by atoms with van der Waals surface area (Å²) in [7, 11) is 0. The third-order valence-electron chi connectivity index (χ3n) is 5.02. The number of nitrogens with zero attached hydrogens (tertiary/aromatic N) is 2. The number of para-hydroxylation sites is 1. The average molecular weight is 400 g/mol. The topological polar surface area (TPSA) is 18.5 Å². The minimum Gasteiger partial charge on any atom is -0.367 e. The molecule has 0 atom stereocenters. The summed E-state index contributed by atoms with van der Waals surface area (Å²) in [6.45, 7) is 6.12. The Labute approximate surface area is 173 Å². The Morgan fingerprint density at radius 2 is 1.74 bits per heavy atom. The molecule has 0 aliphatic carbocycles. The monoisotopic (exact) mass is 399 g/mol. The molecule has 1 aliphatic heterocycles. The van der Waals surface area contributed by atoms with Gasteiger partial charge in [-0.3, -0.25) is 0 Å². The quantitative estimate of drug-likeness (QED) is 0.525. The van der Waals surface area contributed by atoms with Crippen molar-refractivity contribution < 1.29 is 0 Å². The van der Waals surface area contributed by atoms with Crippen molar-refractivity contribution in [3.05, 3.63) is 54.1 Å². The standard InChI is InChI=1S/C22H29N3S2/c1-3-4-7-18-10-12-19(13-11-18)23-22(26)25-16-14-24(15-17-25)20-8-5-6-9-21(20)27-2/h5-6,8-13H,3-4,7,14-17H2,1-2H3,(H,23,26). The average Bonchev–Trinajstić information content (AvgIpc) is 2.73. The number of hydrogen-bond donors (Lipinski definition) is 1. The molecule has 0 bridgehead atoms. The number of benzene rings is 2. The van der Waals surface area contributed by atoms with Crippen molar-refractivity contribution >= 4 is 40.5 Å². The van der Waals surface area contributed by atoms with E-state index < -0.39 is 0 Å². The van der Waals surface area contributed by atoms with Crippen molar-refractivity contribution in [2.24, 2.45) is 0 Å². The van der Waals surface area contributed by atoms with Crippen LogP contribution < -0.4 is 10.2 Å². The molecule has 2 aromatic carbocycles. The smallest absolute Gasteiger partial charge is 0.173 e. The van der Waals surface area contributed by atoms with Gasteiger partial charge in [-0.15, -0.1) is 11.8 Å². The summed E-state index contributed by atoms with van der Waals surface area (Å²) in [6, 6.07) is 17.3. The Morgan fingerprint density at radius 3 is 2.41 bits per heavy atom. The zero-order valence-electron chi connectivity index (χ0n) is 16.3. The molecule has 5 heteroatoms. The van der Waals surface area contributed by atoms with Crippen LogP contribution in [0.15, 0.2) is 53.4 Å².